The molecule has 0 fully saturated rings. The van der Waals surface area contributed by atoms with Gasteiger partial charge >= 0.3 is 0 Å². The molecule has 0 aliphatic carbocycles. The Balaban J connectivity index is 3.88. The molecule has 0 amide bonds. The minimum absolute atomic E-state index is 1.07. The van der Waals surface area contributed by atoms with Crippen molar-refractivity contribution in [3.63, 3.8) is 0 Å². The van der Waals surface area contributed by atoms with Gasteiger partial charge in [-0.2, -0.15) is 0 Å². The molecule has 1 heteroatoms. The van der Waals surface area contributed by atoms with Gasteiger partial charge in [-0.25, -0.2) is 0 Å². The molecule has 0 saturated carbocycles. The van der Waals surface area contributed by atoms with Crippen molar-refractivity contribution in [3.05, 3.63) is 23.4 Å². The molecule has 0 rings (SSSR count). The molecule has 13 heavy (non-hydrogen) atoms. The molecule has 0 aromatic rings. The molecular formula is C12H21N. The zero-order chi connectivity index (χ0) is 10.1. The molecule has 0 aromatic heterocycles. The summed E-state index contributed by atoms with van der Waals surface area (Å²) < 4.78 is 0. The molecule has 1 nitrogen and oxygen atoms in total. The highest BCUT2D eigenvalue weighted by molar-refractivity contribution is 5.73. The van der Waals surface area contributed by atoms with E-state index in [1.54, 1.807) is 0 Å². The van der Waals surface area contributed by atoms with Crippen LogP contribution in [0.3, 0.4) is 0 Å². The van der Waals surface area contributed by atoms with Crippen molar-refractivity contribution >= 4 is 6.21 Å². The van der Waals surface area contributed by atoms with Crippen LogP contribution in [-0.4, -0.2) is 6.21 Å². The maximum absolute atomic E-state index is 4.25. The van der Waals surface area contributed by atoms with Gasteiger partial charge in [0.05, 0.1) is 0 Å². The number of unbranched alkanes of at least 4 members (excludes halogenated alkanes) is 1. The van der Waals surface area contributed by atoms with E-state index in [1.807, 2.05) is 26.1 Å². The zero-order valence-corrected chi connectivity index (χ0v) is 9.30. The quantitative estimate of drug-likeness (QED) is 0.563. The smallest absolute Gasteiger partial charge is 0.0330 e. The molecule has 0 unspecified atom stereocenters. The van der Waals surface area contributed by atoms with E-state index in [0.29, 0.717) is 0 Å². The van der Waals surface area contributed by atoms with E-state index in [9.17, 15) is 0 Å². The SMILES string of the molecule is C/C=C(C)/N=C/C=C(\C)CCCC. The summed E-state index contributed by atoms with van der Waals surface area (Å²) in [5.74, 6) is 0. The maximum atomic E-state index is 4.25. The fourth-order valence-electron chi connectivity index (χ4n) is 0.896. The second kappa shape index (κ2) is 7.78. The minimum atomic E-state index is 1.07. The van der Waals surface area contributed by atoms with E-state index in [-0.39, 0.29) is 0 Å². The predicted molar refractivity (Wildman–Crippen MR) is 61.2 cm³/mol. The summed E-state index contributed by atoms with van der Waals surface area (Å²) in [7, 11) is 0. The molecule has 0 heterocycles. The first-order valence-electron chi connectivity index (χ1n) is 5.03. The van der Waals surface area contributed by atoms with Crippen LogP contribution in [0, 0.1) is 0 Å². The number of nitrogens with zero attached hydrogens (tertiary/aromatic N) is 1. The summed E-state index contributed by atoms with van der Waals surface area (Å²) in [5, 5.41) is 0. The summed E-state index contributed by atoms with van der Waals surface area (Å²) >= 11 is 0. The van der Waals surface area contributed by atoms with Gasteiger partial charge in [0, 0.05) is 11.9 Å². The van der Waals surface area contributed by atoms with Gasteiger partial charge < -0.3 is 0 Å². The van der Waals surface area contributed by atoms with Crippen molar-refractivity contribution in [1.29, 1.82) is 0 Å². The number of allylic oxidation sites excluding steroid dienone is 4. The Kier molecular flexibility index (Phi) is 7.27. The van der Waals surface area contributed by atoms with Gasteiger partial charge in [0.15, 0.2) is 0 Å². The fourth-order valence-corrected chi connectivity index (χ4v) is 0.896. The van der Waals surface area contributed by atoms with Crippen LogP contribution < -0.4 is 0 Å². The second-order valence-electron chi connectivity index (χ2n) is 3.32. The van der Waals surface area contributed by atoms with E-state index in [1.165, 1.54) is 24.8 Å². The molecule has 74 valence electrons. The van der Waals surface area contributed by atoms with Gasteiger partial charge in [-0.05, 0) is 39.7 Å². The van der Waals surface area contributed by atoms with Gasteiger partial charge in [-0.1, -0.05) is 25.0 Å². The average Bonchev–Trinajstić information content (AvgIpc) is 2.14. The molecule has 0 aromatic carbocycles. The number of hydrogen-bond donors (Lipinski definition) is 0. The highest BCUT2D eigenvalue weighted by atomic mass is 14.7. The van der Waals surface area contributed by atoms with Crippen LogP contribution in [0.25, 0.3) is 0 Å². The third-order valence-electron chi connectivity index (χ3n) is 1.98. The normalized spacial score (nSPS) is 14.2. The summed E-state index contributed by atoms with van der Waals surface area (Å²) in [5.41, 5.74) is 2.48. The van der Waals surface area contributed by atoms with Crippen LogP contribution in [0.15, 0.2) is 28.4 Å². The topological polar surface area (TPSA) is 12.4 Å². The Morgan fingerprint density at radius 3 is 2.54 bits per heavy atom. The molecule has 0 saturated heterocycles. The van der Waals surface area contributed by atoms with Crippen LogP contribution in [0.2, 0.25) is 0 Å². The minimum Gasteiger partial charge on any atom is -0.262 e. The van der Waals surface area contributed by atoms with E-state index in [2.05, 4.69) is 24.9 Å². The average molecular weight is 179 g/mol. The van der Waals surface area contributed by atoms with E-state index < -0.39 is 0 Å². The third-order valence-corrected chi connectivity index (χ3v) is 1.98. The highest BCUT2D eigenvalue weighted by Gasteiger charge is 1.86. The van der Waals surface area contributed by atoms with Crippen LogP contribution in [0.4, 0.5) is 0 Å². The van der Waals surface area contributed by atoms with Gasteiger partial charge in [-0.15, -0.1) is 0 Å². The largest absolute Gasteiger partial charge is 0.262 e. The maximum Gasteiger partial charge on any atom is 0.0330 e. The van der Waals surface area contributed by atoms with Crippen molar-refractivity contribution < 1.29 is 0 Å². The molecule has 0 N–H and O–H groups in total. The van der Waals surface area contributed by atoms with Crippen molar-refractivity contribution in [3.8, 4) is 0 Å². The molecule has 0 radical (unpaired) electrons. The lowest BCUT2D eigenvalue weighted by Crippen LogP contribution is -1.78. The lowest BCUT2D eigenvalue weighted by atomic mass is 10.1. The monoisotopic (exact) mass is 179 g/mol. The van der Waals surface area contributed by atoms with Gasteiger partial charge in [0.2, 0.25) is 0 Å². The molecule has 0 aliphatic rings. The summed E-state index contributed by atoms with van der Waals surface area (Å²) in [4.78, 5) is 4.25. The molecule has 0 spiro atoms. The van der Waals surface area contributed by atoms with Crippen molar-refractivity contribution in [2.75, 3.05) is 0 Å². The Hall–Kier alpha value is -0.850. The van der Waals surface area contributed by atoms with E-state index in [0.717, 1.165) is 5.70 Å². The van der Waals surface area contributed by atoms with Gasteiger partial charge in [-0.3, -0.25) is 4.99 Å². The summed E-state index contributed by atoms with van der Waals surface area (Å²) in [6.45, 7) is 8.38. The van der Waals surface area contributed by atoms with Crippen molar-refractivity contribution in [2.45, 2.75) is 47.0 Å². The molecular weight excluding hydrogens is 158 g/mol. The summed E-state index contributed by atoms with van der Waals surface area (Å²) in [6.07, 6.45) is 9.72. The lowest BCUT2D eigenvalue weighted by molar-refractivity contribution is 0.788. The lowest BCUT2D eigenvalue weighted by Gasteiger charge is -1.95. The Labute approximate surface area is 82.3 Å². The number of hydrogen-bond acceptors (Lipinski definition) is 1. The van der Waals surface area contributed by atoms with Crippen LogP contribution >= 0.6 is 0 Å². The van der Waals surface area contributed by atoms with Crippen LogP contribution in [-0.2, 0) is 0 Å². The molecule has 0 atom stereocenters. The zero-order valence-electron chi connectivity index (χ0n) is 9.30. The van der Waals surface area contributed by atoms with Gasteiger partial charge in [0.1, 0.15) is 0 Å². The number of aliphatic imine (C=N–C) groups is 1. The first-order valence-corrected chi connectivity index (χ1v) is 5.03. The predicted octanol–water partition coefficient (Wildman–Crippen LogP) is 4.12. The Bertz CT molecular complexity index is 209. The highest BCUT2D eigenvalue weighted by Crippen LogP contribution is 2.04. The standard InChI is InChI=1S/C12H21N/c1-5-7-8-11(3)9-10-13-12(4)6-2/h6,9-10H,5,7-8H2,1-4H3/b11-9+,12-6+,13-10+. The van der Waals surface area contributed by atoms with Crippen molar-refractivity contribution in [1.82, 2.24) is 0 Å². The Morgan fingerprint density at radius 2 is 2.00 bits per heavy atom. The van der Waals surface area contributed by atoms with E-state index in [4.69, 9.17) is 0 Å². The van der Waals surface area contributed by atoms with Crippen LogP contribution in [0.5, 0.6) is 0 Å². The van der Waals surface area contributed by atoms with E-state index >= 15 is 0 Å². The number of rotatable bonds is 5. The first kappa shape index (κ1) is 12.2. The van der Waals surface area contributed by atoms with Crippen LogP contribution in [0.1, 0.15) is 47.0 Å². The first-order chi connectivity index (χ1) is 6.20. The third kappa shape index (κ3) is 7.51. The second-order valence-corrected chi connectivity index (χ2v) is 3.32. The molecule has 0 bridgehead atoms. The van der Waals surface area contributed by atoms with Crippen molar-refractivity contribution in [2.24, 2.45) is 4.99 Å². The molecule has 0 aliphatic heterocycles. The van der Waals surface area contributed by atoms with Gasteiger partial charge in [0.25, 0.3) is 0 Å². The fraction of sp³-hybridized carbons (Fsp3) is 0.583. The summed E-state index contributed by atoms with van der Waals surface area (Å²) in [6, 6.07) is 0. The Morgan fingerprint density at radius 1 is 1.31 bits per heavy atom.